The molecule has 1 aromatic carbocycles. The Labute approximate surface area is 183 Å². The molecule has 0 saturated carbocycles. The zero-order valence-corrected chi connectivity index (χ0v) is 18.1. The largest absolute Gasteiger partial charge is 0.477 e. The van der Waals surface area contributed by atoms with Crippen molar-refractivity contribution in [1.82, 2.24) is 15.4 Å². The van der Waals surface area contributed by atoms with Crippen molar-refractivity contribution in [2.75, 3.05) is 36.2 Å². The third kappa shape index (κ3) is 3.65. The molecule has 8 nitrogen and oxygen atoms in total. The summed E-state index contributed by atoms with van der Waals surface area (Å²) in [5.74, 6) is 0.324. The minimum Gasteiger partial charge on any atom is -0.477 e. The van der Waals surface area contributed by atoms with E-state index in [-0.39, 0.29) is 6.04 Å². The van der Waals surface area contributed by atoms with Gasteiger partial charge < -0.3 is 14.7 Å². The second-order valence-electron chi connectivity index (χ2n) is 7.72. The smallest absolute Gasteiger partial charge is 0.346 e. The number of nitrogens with zero attached hydrogens (tertiary/aromatic N) is 4. The average molecular weight is 438 g/mol. The molecule has 0 amide bonds. The Balaban J connectivity index is 1.55. The molecule has 2 aliphatic heterocycles. The fraction of sp³-hybridized carbons (Fsp3) is 0.318. The van der Waals surface area contributed by atoms with Crippen molar-refractivity contribution in [3.63, 3.8) is 0 Å². The summed E-state index contributed by atoms with van der Waals surface area (Å²) in [7, 11) is 0. The lowest BCUT2D eigenvalue weighted by atomic mass is 10.1. The molecule has 2 aromatic heterocycles. The monoisotopic (exact) mass is 437 g/mol. The summed E-state index contributed by atoms with van der Waals surface area (Å²) in [5.41, 5.74) is 7.15. The number of ether oxygens (including phenoxy) is 1. The standard InChI is InChI=1S/C22H23N5O3S/c1-13-4-3-5-15(12-13)16-6-7-27(25-16)22-23-17-14(2)18(21(28)29)31-19(17)20(24-22)26-8-10-30-11-9-26/h3-7,12,16,25H,8-11H2,1-2H3,(H,28,29). The van der Waals surface area contributed by atoms with Crippen LogP contribution in [0.3, 0.4) is 0 Å². The van der Waals surface area contributed by atoms with Crippen LogP contribution in [0.1, 0.15) is 32.4 Å². The Morgan fingerprint density at radius 1 is 1.26 bits per heavy atom. The number of nitrogens with one attached hydrogen (secondary N) is 1. The minimum atomic E-state index is -0.936. The van der Waals surface area contributed by atoms with Crippen LogP contribution in [0.15, 0.2) is 36.5 Å². The molecular weight excluding hydrogens is 414 g/mol. The Bertz CT molecular complexity index is 1190. The topological polar surface area (TPSA) is 90.8 Å². The van der Waals surface area contributed by atoms with Gasteiger partial charge in [-0.05, 0) is 25.5 Å². The number of benzene rings is 1. The summed E-state index contributed by atoms with van der Waals surface area (Å²) < 4.78 is 6.30. The van der Waals surface area contributed by atoms with E-state index in [2.05, 4.69) is 41.5 Å². The minimum absolute atomic E-state index is 0.0178. The molecule has 0 bridgehead atoms. The summed E-state index contributed by atoms with van der Waals surface area (Å²) in [4.78, 5) is 23.8. The number of aromatic nitrogens is 2. The second kappa shape index (κ2) is 7.92. The van der Waals surface area contributed by atoms with Crippen molar-refractivity contribution in [1.29, 1.82) is 0 Å². The van der Waals surface area contributed by atoms with E-state index in [4.69, 9.17) is 14.7 Å². The van der Waals surface area contributed by atoms with Crippen molar-refractivity contribution in [3.8, 4) is 0 Å². The van der Waals surface area contributed by atoms with E-state index >= 15 is 0 Å². The van der Waals surface area contributed by atoms with Crippen LogP contribution in [0.2, 0.25) is 0 Å². The van der Waals surface area contributed by atoms with E-state index in [1.165, 1.54) is 16.9 Å². The number of hydrogen-bond acceptors (Lipinski definition) is 8. The molecule has 160 valence electrons. The van der Waals surface area contributed by atoms with Crippen molar-refractivity contribution in [2.45, 2.75) is 19.9 Å². The van der Waals surface area contributed by atoms with Gasteiger partial charge in [-0.2, -0.15) is 4.98 Å². The lowest BCUT2D eigenvalue weighted by Gasteiger charge is -2.29. The molecule has 5 rings (SSSR count). The fourth-order valence-electron chi connectivity index (χ4n) is 3.94. The highest BCUT2D eigenvalue weighted by atomic mass is 32.1. The Hall–Kier alpha value is -3.01. The zero-order chi connectivity index (χ0) is 21.5. The van der Waals surface area contributed by atoms with E-state index in [0.717, 1.165) is 16.1 Å². The van der Waals surface area contributed by atoms with Gasteiger partial charge in [0.25, 0.3) is 0 Å². The SMILES string of the molecule is Cc1cccc(C2C=CN(c3nc(N4CCOCC4)c4sc(C(=O)O)c(C)c4n3)N2)c1. The van der Waals surface area contributed by atoms with Crippen LogP contribution in [-0.4, -0.2) is 47.3 Å². The number of hydrogen-bond donors (Lipinski definition) is 2. The maximum absolute atomic E-state index is 11.7. The third-order valence-electron chi connectivity index (χ3n) is 5.56. The van der Waals surface area contributed by atoms with E-state index in [1.54, 1.807) is 0 Å². The maximum atomic E-state index is 11.7. The molecule has 1 atom stereocenters. The Morgan fingerprint density at radius 3 is 2.81 bits per heavy atom. The normalized spacial score (nSPS) is 18.8. The molecule has 0 spiro atoms. The van der Waals surface area contributed by atoms with Gasteiger partial charge in [0.2, 0.25) is 5.95 Å². The first-order valence-electron chi connectivity index (χ1n) is 10.2. The van der Waals surface area contributed by atoms with Crippen molar-refractivity contribution in [3.05, 3.63) is 58.1 Å². The van der Waals surface area contributed by atoms with Gasteiger partial charge in [0, 0.05) is 24.9 Å². The van der Waals surface area contributed by atoms with Crippen LogP contribution in [0.25, 0.3) is 10.2 Å². The number of carboxylic acids is 1. The van der Waals surface area contributed by atoms with Gasteiger partial charge in [-0.3, -0.25) is 5.01 Å². The number of carboxylic acid groups (broad SMARTS) is 1. The highest BCUT2D eigenvalue weighted by Gasteiger charge is 2.27. The van der Waals surface area contributed by atoms with Crippen molar-refractivity contribution in [2.24, 2.45) is 0 Å². The average Bonchev–Trinajstić information content (AvgIpc) is 3.39. The first kappa shape index (κ1) is 19.9. The summed E-state index contributed by atoms with van der Waals surface area (Å²) in [6, 6.07) is 8.37. The van der Waals surface area contributed by atoms with Gasteiger partial charge in [-0.1, -0.05) is 29.8 Å². The van der Waals surface area contributed by atoms with Crippen molar-refractivity contribution >= 4 is 39.3 Å². The molecule has 2 N–H and O–H groups in total. The van der Waals surface area contributed by atoms with Gasteiger partial charge >= 0.3 is 5.97 Å². The second-order valence-corrected chi connectivity index (χ2v) is 8.74. The number of anilines is 2. The third-order valence-corrected chi connectivity index (χ3v) is 6.83. The summed E-state index contributed by atoms with van der Waals surface area (Å²) in [6.45, 7) is 6.54. The molecule has 1 unspecified atom stereocenters. The van der Waals surface area contributed by atoms with Gasteiger partial charge in [0.1, 0.15) is 4.88 Å². The molecule has 31 heavy (non-hydrogen) atoms. The number of morpholine rings is 1. The lowest BCUT2D eigenvalue weighted by molar-refractivity contribution is 0.0701. The van der Waals surface area contributed by atoms with Crippen LogP contribution in [0.5, 0.6) is 0 Å². The Kier molecular flexibility index (Phi) is 5.09. The highest BCUT2D eigenvalue weighted by Crippen LogP contribution is 2.37. The predicted molar refractivity (Wildman–Crippen MR) is 121 cm³/mol. The summed E-state index contributed by atoms with van der Waals surface area (Å²) >= 11 is 1.24. The van der Waals surface area contributed by atoms with Crippen LogP contribution < -0.4 is 15.3 Å². The molecule has 3 aromatic rings. The molecule has 0 radical (unpaired) electrons. The van der Waals surface area contributed by atoms with E-state index in [9.17, 15) is 9.90 Å². The molecule has 0 aliphatic carbocycles. The van der Waals surface area contributed by atoms with Crippen LogP contribution in [0.4, 0.5) is 11.8 Å². The highest BCUT2D eigenvalue weighted by molar-refractivity contribution is 7.21. The molecule has 2 aliphatic rings. The van der Waals surface area contributed by atoms with Crippen LogP contribution in [-0.2, 0) is 4.74 Å². The Morgan fingerprint density at radius 2 is 2.06 bits per heavy atom. The number of aromatic carboxylic acids is 1. The molecule has 1 saturated heterocycles. The van der Waals surface area contributed by atoms with Gasteiger partial charge in [-0.25, -0.2) is 15.2 Å². The van der Waals surface area contributed by atoms with Gasteiger partial charge in [0.05, 0.1) is 29.5 Å². The number of fused-ring (bicyclic) bond motifs is 1. The maximum Gasteiger partial charge on any atom is 0.346 e. The lowest BCUT2D eigenvalue weighted by Crippen LogP contribution is -2.37. The summed E-state index contributed by atoms with van der Waals surface area (Å²) in [6.07, 6.45) is 4.00. The number of aryl methyl sites for hydroxylation is 2. The molecular formula is C22H23N5O3S. The van der Waals surface area contributed by atoms with Crippen LogP contribution in [0, 0.1) is 13.8 Å². The van der Waals surface area contributed by atoms with E-state index < -0.39 is 5.97 Å². The predicted octanol–water partition coefficient (Wildman–Crippen LogP) is 3.42. The quantitative estimate of drug-likeness (QED) is 0.642. The van der Waals surface area contributed by atoms with Crippen molar-refractivity contribution < 1.29 is 14.6 Å². The van der Waals surface area contributed by atoms with Crippen LogP contribution >= 0.6 is 11.3 Å². The molecule has 9 heteroatoms. The first-order chi connectivity index (χ1) is 15.0. The van der Waals surface area contributed by atoms with Gasteiger partial charge in [-0.15, -0.1) is 11.3 Å². The van der Waals surface area contributed by atoms with E-state index in [1.807, 2.05) is 24.2 Å². The zero-order valence-electron chi connectivity index (χ0n) is 17.3. The summed E-state index contributed by atoms with van der Waals surface area (Å²) in [5, 5.41) is 11.4. The van der Waals surface area contributed by atoms with E-state index in [0.29, 0.717) is 48.2 Å². The number of thiophene rings is 1. The van der Waals surface area contributed by atoms with Gasteiger partial charge in [0.15, 0.2) is 5.82 Å². The number of carbonyl (C=O) groups is 1. The molecule has 1 fully saturated rings. The molecule has 4 heterocycles. The first-order valence-corrected chi connectivity index (χ1v) is 11.0. The number of rotatable bonds is 4. The number of hydrazine groups is 1. The fourth-order valence-corrected chi connectivity index (χ4v) is 5.05.